The van der Waals surface area contributed by atoms with E-state index in [-0.39, 0.29) is 28.3 Å². The van der Waals surface area contributed by atoms with Crippen molar-refractivity contribution in [1.29, 1.82) is 0 Å². The van der Waals surface area contributed by atoms with E-state index >= 15 is 0 Å². The molecule has 1 saturated carbocycles. The minimum atomic E-state index is -0.478. The molecule has 1 aliphatic carbocycles. The van der Waals surface area contributed by atoms with E-state index in [1.807, 2.05) is 24.3 Å². The lowest BCUT2D eigenvalue weighted by Gasteiger charge is -2.32. The van der Waals surface area contributed by atoms with Gasteiger partial charge in [0.1, 0.15) is 5.82 Å². The van der Waals surface area contributed by atoms with Gasteiger partial charge in [-0.2, -0.15) is 0 Å². The number of piperidine rings is 1. The molecule has 33 heavy (non-hydrogen) atoms. The molecule has 176 valence electrons. The fourth-order valence-electron chi connectivity index (χ4n) is 4.80. The van der Waals surface area contributed by atoms with Crippen LogP contribution in [-0.4, -0.2) is 35.8 Å². The lowest BCUT2D eigenvalue weighted by Crippen LogP contribution is -2.44. The molecule has 1 aliphatic heterocycles. The van der Waals surface area contributed by atoms with Gasteiger partial charge in [0.05, 0.1) is 10.6 Å². The van der Waals surface area contributed by atoms with E-state index in [4.69, 9.17) is 11.6 Å². The second-order valence-electron chi connectivity index (χ2n) is 9.17. The van der Waals surface area contributed by atoms with E-state index in [0.717, 1.165) is 56.9 Å². The molecule has 0 radical (unpaired) electrons. The van der Waals surface area contributed by atoms with Crippen LogP contribution in [0, 0.1) is 11.7 Å². The van der Waals surface area contributed by atoms with Crippen molar-refractivity contribution in [3.63, 3.8) is 0 Å². The fourth-order valence-corrected chi connectivity index (χ4v) is 5.05. The van der Waals surface area contributed by atoms with Gasteiger partial charge in [-0.05, 0) is 74.7 Å². The Kier molecular flexibility index (Phi) is 7.99. The SMILES string of the molecule is O=C(Nc1cccc(CN2CCC(C(=O)NC3CCCCC3)CC2)c1)c1ccc(F)cc1Cl. The lowest BCUT2D eigenvalue weighted by atomic mass is 9.92. The first-order chi connectivity index (χ1) is 16.0. The molecular formula is C26H31ClFN3O2. The predicted molar refractivity (Wildman–Crippen MR) is 129 cm³/mol. The molecule has 2 aliphatic rings. The Bertz CT molecular complexity index is 985. The summed E-state index contributed by atoms with van der Waals surface area (Å²) < 4.78 is 13.2. The highest BCUT2D eigenvalue weighted by atomic mass is 35.5. The van der Waals surface area contributed by atoms with Crippen molar-refractivity contribution in [1.82, 2.24) is 10.2 Å². The van der Waals surface area contributed by atoms with Crippen LogP contribution in [0.4, 0.5) is 10.1 Å². The summed E-state index contributed by atoms with van der Waals surface area (Å²) in [6, 6.07) is 11.8. The number of carbonyl (C=O) groups excluding carboxylic acids is 2. The molecule has 1 saturated heterocycles. The highest BCUT2D eigenvalue weighted by molar-refractivity contribution is 6.34. The third-order valence-electron chi connectivity index (χ3n) is 6.68. The third kappa shape index (κ3) is 6.55. The third-order valence-corrected chi connectivity index (χ3v) is 6.99. The van der Waals surface area contributed by atoms with Crippen LogP contribution >= 0.6 is 11.6 Å². The molecule has 2 aromatic carbocycles. The van der Waals surface area contributed by atoms with Gasteiger partial charge in [-0.15, -0.1) is 0 Å². The van der Waals surface area contributed by atoms with Crippen LogP contribution < -0.4 is 10.6 Å². The molecule has 2 fully saturated rings. The maximum Gasteiger partial charge on any atom is 0.257 e. The number of carbonyl (C=O) groups is 2. The smallest absolute Gasteiger partial charge is 0.257 e. The number of hydrogen-bond acceptors (Lipinski definition) is 3. The largest absolute Gasteiger partial charge is 0.353 e. The number of anilines is 1. The average molecular weight is 472 g/mol. The van der Waals surface area contributed by atoms with Gasteiger partial charge in [-0.3, -0.25) is 14.5 Å². The molecule has 5 nitrogen and oxygen atoms in total. The first-order valence-electron chi connectivity index (χ1n) is 11.9. The van der Waals surface area contributed by atoms with Gasteiger partial charge < -0.3 is 10.6 Å². The Morgan fingerprint density at radius 3 is 2.48 bits per heavy atom. The highest BCUT2D eigenvalue weighted by Gasteiger charge is 2.27. The van der Waals surface area contributed by atoms with Crippen LogP contribution in [0.5, 0.6) is 0 Å². The minimum Gasteiger partial charge on any atom is -0.353 e. The summed E-state index contributed by atoms with van der Waals surface area (Å²) in [5.41, 5.74) is 1.99. The zero-order valence-corrected chi connectivity index (χ0v) is 19.5. The van der Waals surface area contributed by atoms with E-state index in [9.17, 15) is 14.0 Å². The Hall–Kier alpha value is -2.44. The Labute approximate surface area is 199 Å². The quantitative estimate of drug-likeness (QED) is 0.593. The normalized spacial score (nSPS) is 18.1. The van der Waals surface area contributed by atoms with E-state index in [1.54, 1.807) is 0 Å². The van der Waals surface area contributed by atoms with Gasteiger partial charge >= 0.3 is 0 Å². The van der Waals surface area contributed by atoms with Crippen molar-refractivity contribution >= 4 is 29.1 Å². The van der Waals surface area contributed by atoms with Gasteiger partial charge in [-0.25, -0.2) is 4.39 Å². The number of benzene rings is 2. The molecular weight excluding hydrogens is 441 g/mol. The Balaban J connectivity index is 1.27. The second kappa shape index (κ2) is 11.1. The molecule has 2 amide bonds. The average Bonchev–Trinajstić information content (AvgIpc) is 2.80. The van der Waals surface area contributed by atoms with Crippen molar-refractivity contribution in [2.24, 2.45) is 5.92 Å². The zero-order valence-electron chi connectivity index (χ0n) is 18.8. The molecule has 0 unspecified atom stereocenters. The highest BCUT2D eigenvalue weighted by Crippen LogP contribution is 2.23. The fraction of sp³-hybridized carbons (Fsp3) is 0.462. The summed E-state index contributed by atoms with van der Waals surface area (Å²) >= 11 is 6.00. The zero-order chi connectivity index (χ0) is 23.2. The Morgan fingerprint density at radius 2 is 1.76 bits per heavy atom. The molecule has 4 rings (SSSR count). The summed E-state index contributed by atoms with van der Waals surface area (Å²) in [6.07, 6.45) is 7.71. The molecule has 0 atom stereocenters. The molecule has 2 N–H and O–H groups in total. The van der Waals surface area contributed by atoms with Crippen molar-refractivity contribution in [2.75, 3.05) is 18.4 Å². The first-order valence-corrected chi connectivity index (χ1v) is 12.2. The standard InChI is InChI=1S/C26H31ClFN3O2/c27-24-16-20(28)9-10-23(24)26(33)30-22-8-4-5-18(15-22)17-31-13-11-19(12-14-31)25(32)29-21-6-2-1-3-7-21/h4-5,8-10,15-16,19,21H,1-3,6-7,11-14,17H2,(H,29,32)(H,30,33). The summed E-state index contributed by atoms with van der Waals surface area (Å²) in [4.78, 5) is 27.5. The van der Waals surface area contributed by atoms with E-state index in [0.29, 0.717) is 11.7 Å². The maximum absolute atomic E-state index is 13.2. The lowest BCUT2D eigenvalue weighted by molar-refractivity contribution is -0.127. The summed E-state index contributed by atoms with van der Waals surface area (Å²) in [6.45, 7) is 2.52. The molecule has 7 heteroatoms. The van der Waals surface area contributed by atoms with Gasteiger partial charge in [-0.1, -0.05) is 43.0 Å². The number of nitrogens with zero attached hydrogens (tertiary/aromatic N) is 1. The number of likely N-dealkylation sites (tertiary alicyclic amines) is 1. The van der Waals surface area contributed by atoms with Crippen LogP contribution in [0.15, 0.2) is 42.5 Å². The van der Waals surface area contributed by atoms with Gasteiger partial charge in [0, 0.05) is 24.2 Å². The van der Waals surface area contributed by atoms with E-state index in [2.05, 4.69) is 15.5 Å². The number of halogens is 2. The summed E-state index contributed by atoms with van der Waals surface area (Å²) in [5, 5.41) is 6.19. The Morgan fingerprint density at radius 1 is 1.00 bits per heavy atom. The van der Waals surface area contributed by atoms with Gasteiger partial charge in [0.2, 0.25) is 5.91 Å². The van der Waals surface area contributed by atoms with Crippen molar-refractivity contribution in [3.05, 3.63) is 64.4 Å². The van der Waals surface area contributed by atoms with Crippen LogP contribution in [0.25, 0.3) is 0 Å². The number of nitrogens with one attached hydrogen (secondary N) is 2. The number of rotatable bonds is 6. The van der Waals surface area contributed by atoms with Crippen LogP contribution in [-0.2, 0) is 11.3 Å². The molecule has 0 aromatic heterocycles. The monoisotopic (exact) mass is 471 g/mol. The molecule has 0 spiro atoms. The number of amides is 2. The van der Waals surface area contributed by atoms with Crippen molar-refractivity contribution < 1.29 is 14.0 Å². The van der Waals surface area contributed by atoms with Gasteiger partial charge in [0.15, 0.2) is 0 Å². The first kappa shape index (κ1) is 23.7. The topological polar surface area (TPSA) is 61.4 Å². The molecule has 0 bridgehead atoms. The molecule has 1 heterocycles. The summed E-state index contributed by atoms with van der Waals surface area (Å²) in [7, 11) is 0. The van der Waals surface area contributed by atoms with Crippen molar-refractivity contribution in [3.8, 4) is 0 Å². The summed E-state index contributed by atoms with van der Waals surface area (Å²) in [5.74, 6) is -0.518. The van der Waals surface area contributed by atoms with E-state index < -0.39 is 5.82 Å². The van der Waals surface area contributed by atoms with Crippen LogP contribution in [0.3, 0.4) is 0 Å². The number of hydrogen-bond donors (Lipinski definition) is 2. The van der Waals surface area contributed by atoms with Crippen LogP contribution in [0.1, 0.15) is 60.9 Å². The predicted octanol–water partition coefficient (Wildman–Crippen LogP) is 5.39. The van der Waals surface area contributed by atoms with Crippen molar-refractivity contribution in [2.45, 2.75) is 57.5 Å². The van der Waals surface area contributed by atoms with E-state index in [1.165, 1.54) is 31.4 Å². The minimum absolute atomic E-state index is 0.0825. The second-order valence-corrected chi connectivity index (χ2v) is 9.58. The van der Waals surface area contributed by atoms with Gasteiger partial charge in [0.25, 0.3) is 5.91 Å². The maximum atomic E-state index is 13.2. The molecule has 2 aromatic rings. The van der Waals surface area contributed by atoms with Crippen LogP contribution in [0.2, 0.25) is 5.02 Å².